The Bertz CT molecular complexity index is 143. The van der Waals surface area contributed by atoms with E-state index in [4.69, 9.17) is 0 Å². The van der Waals surface area contributed by atoms with E-state index in [0.717, 1.165) is 13.1 Å². The highest BCUT2D eigenvalue weighted by Gasteiger charge is 2.12. The zero-order chi connectivity index (χ0) is 7.72. The van der Waals surface area contributed by atoms with Gasteiger partial charge in [-0.05, 0) is 13.8 Å². The second-order valence-electron chi connectivity index (χ2n) is 3.01. The maximum atomic E-state index is 2.30. The Labute approximate surface area is 63.1 Å². The molecule has 0 saturated carbocycles. The lowest BCUT2D eigenvalue weighted by atomic mass is 10.2. The molecule has 2 nitrogen and oxygen atoms in total. The van der Waals surface area contributed by atoms with Gasteiger partial charge in [0.1, 0.15) is 0 Å². The SMILES string of the molecule is CC1=C(C)N(C)CCN1C. The number of allylic oxidation sites excluding steroid dienone is 2. The van der Waals surface area contributed by atoms with Gasteiger partial charge in [0.25, 0.3) is 0 Å². The van der Waals surface area contributed by atoms with E-state index in [2.05, 4.69) is 37.7 Å². The molecule has 58 valence electrons. The van der Waals surface area contributed by atoms with Crippen LogP contribution in [-0.4, -0.2) is 37.0 Å². The molecule has 0 bridgehead atoms. The van der Waals surface area contributed by atoms with Crippen molar-refractivity contribution in [1.29, 1.82) is 0 Å². The summed E-state index contributed by atoms with van der Waals surface area (Å²) in [5.74, 6) is 0. The first-order valence-electron chi connectivity index (χ1n) is 3.72. The lowest BCUT2D eigenvalue weighted by Crippen LogP contribution is -2.36. The molecule has 0 saturated heterocycles. The maximum absolute atomic E-state index is 2.30. The topological polar surface area (TPSA) is 6.48 Å². The van der Waals surface area contributed by atoms with E-state index >= 15 is 0 Å². The summed E-state index contributed by atoms with van der Waals surface area (Å²) < 4.78 is 0. The zero-order valence-corrected chi connectivity index (χ0v) is 7.31. The van der Waals surface area contributed by atoms with E-state index < -0.39 is 0 Å². The number of likely N-dealkylation sites (N-methyl/N-ethyl adjacent to an activating group) is 2. The van der Waals surface area contributed by atoms with Crippen molar-refractivity contribution >= 4 is 0 Å². The summed E-state index contributed by atoms with van der Waals surface area (Å²) in [6.45, 7) is 6.65. The van der Waals surface area contributed by atoms with Gasteiger partial charge in [-0.25, -0.2) is 0 Å². The minimum atomic E-state index is 1.15. The van der Waals surface area contributed by atoms with Gasteiger partial charge in [0.05, 0.1) is 0 Å². The zero-order valence-electron chi connectivity index (χ0n) is 7.31. The summed E-state index contributed by atoms with van der Waals surface area (Å²) >= 11 is 0. The van der Waals surface area contributed by atoms with Crippen LogP contribution in [0.5, 0.6) is 0 Å². The third-order valence-electron chi connectivity index (χ3n) is 2.44. The molecule has 0 aromatic carbocycles. The van der Waals surface area contributed by atoms with Crippen LogP contribution in [0, 0.1) is 0 Å². The van der Waals surface area contributed by atoms with Gasteiger partial charge in [-0.15, -0.1) is 0 Å². The van der Waals surface area contributed by atoms with Crippen molar-refractivity contribution in [2.24, 2.45) is 0 Å². The second kappa shape index (κ2) is 2.52. The van der Waals surface area contributed by atoms with E-state index in [9.17, 15) is 0 Å². The predicted molar refractivity (Wildman–Crippen MR) is 43.6 cm³/mol. The van der Waals surface area contributed by atoms with Crippen molar-refractivity contribution in [3.05, 3.63) is 11.4 Å². The van der Waals surface area contributed by atoms with Crippen LogP contribution in [0.1, 0.15) is 13.8 Å². The first-order chi connectivity index (χ1) is 4.63. The number of hydrogen-bond acceptors (Lipinski definition) is 2. The van der Waals surface area contributed by atoms with Crippen LogP contribution in [0.2, 0.25) is 0 Å². The quantitative estimate of drug-likeness (QED) is 0.497. The normalized spacial score (nSPS) is 20.4. The van der Waals surface area contributed by atoms with Gasteiger partial charge in [0, 0.05) is 38.6 Å². The van der Waals surface area contributed by atoms with Crippen molar-refractivity contribution in [1.82, 2.24) is 9.80 Å². The maximum Gasteiger partial charge on any atom is 0.0348 e. The van der Waals surface area contributed by atoms with Crippen LogP contribution in [0.3, 0.4) is 0 Å². The highest BCUT2D eigenvalue weighted by Crippen LogP contribution is 2.15. The minimum Gasteiger partial charge on any atom is -0.375 e. The molecule has 0 atom stereocenters. The molecule has 0 aromatic heterocycles. The fraction of sp³-hybridized carbons (Fsp3) is 0.750. The predicted octanol–water partition coefficient (Wildman–Crippen LogP) is 1.12. The molecule has 0 fully saturated rings. The fourth-order valence-electron chi connectivity index (χ4n) is 1.19. The van der Waals surface area contributed by atoms with Gasteiger partial charge >= 0.3 is 0 Å². The lowest BCUT2D eigenvalue weighted by molar-refractivity contribution is 0.278. The summed E-state index contributed by atoms with van der Waals surface area (Å²) in [5, 5.41) is 0. The van der Waals surface area contributed by atoms with Crippen molar-refractivity contribution in [3.8, 4) is 0 Å². The van der Waals surface area contributed by atoms with Crippen LogP contribution in [0.15, 0.2) is 11.4 Å². The van der Waals surface area contributed by atoms with E-state index in [1.165, 1.54) is 11.4 Å². The molecule has 0 amide bonds. The van der Waals surface area contributed by atoms with E-state index in [1.54, 1.807) is 0 Å². The molecular formula is C8H16N2. The molecule has 0 radical (unpaired) electrons. The van der Waals surface area contributed by atoms with Gasteiger partial charge in [-0.1, -0.05) is 0 Å². The Balaban J connectivity index is 2.81. The highest BCUT2D eigenvalue weighted by atomic mass is 15.2. The highest BCUT2D eigenvalue weighted by molar-refractivity contribution is 5.09. The van der Waals surface area contributed by atoms with Crippen LogP contribution >= 0.6 is 0 Å². The standard InChI is InChI=1S/C8H16N2/c1-7-8(2)10(4)6-5-9(7)3/h5-6H2,1-4H3. The Hall–Kier alpha value is -0.660. The molecule has 1 aliphatic heterocycles. The Kier molecular flexibility index (Phi) is 1.88. The smallest absolute Gasteiger partial charge is 0.0348 e. The van der Waals surface area contributed by atoms with Crippen LogP contribution < -0.4 is 0 Å². The Morgan fingerprint density at radius 3 is 1.50 bits per heavy atom. The minimum absolute atomic E-state index is 1.15. The molecule has 1 heterocycles. The number of rotatable bonds is 0. The summed E-state index contributed by atoms with van der Waals surface area (Å²) in [7, 11) is 4.29. The summed E-state index contributed by atoms with van der Waals surface area (Å²) in [6, 6.07) is 0. The molecule has 1 rings (SSSR count). The summed E-state index contributed by atoms with van der Waals surface area (Å²) in [5.41, 5.74) is 2.79. The largest absolute Gasteiger partial charge is 0.375 e. The molecule has 1 aliphatic rings. The van der Waals surface area contributed by atoms with Gasteiger partial charge in [0.15, 0.2) is 0 Å². The first-order valence-corrected chi connectivity index (χ1v) is 3.72. The van der Waals surface area contributed by atoms with Gasteiger partial charge in [-0.2, -0.15) is 0 Å². The third kappa shape index (κ3) is 1.11. The molecular weight excluding hydrogens is 124 g/mol. The number of hydrogen-bond donors (Lipinski definition) is 0. The molecule has 2 heteroatoms. The lowest BCUT2D eigenvalue weighted by Gasteiger charge is -2.34. The average Bonchev–Trinajstić information content (AvgIpc) is 1.93. The Morgan fingerprint density at radius 1 is 0.900 bits per heavy atom. The van der Waals surface area contributed by atoms with Gasteiger partial charge in [0.2, 0.25) is 0 Å². The van der Waals surface area contributed by atoms with Crippen LogP contribution in [0.4, 0.5) is 0 Å². The first kappa shape index (κ1) is 7.45. The number of nitrogens with zero attached hydrogens (tertiary/aromatic N) is 2. The monoisotopic (exact) mass is 140 g/mol. The molecule has 0 spiro atoms. The van der Waals surface area contributed by atoms with E-state index in [1.807, 2.05) is 0 Å². The van der Waals surface area contributed by atoms with Crippen molar-refractivity contribution < 1.29 is 0 Å². The molecule has 0 aliphatic carbocycles. The molecule has 0 N–H and O–H groups in total. The molecule has 0 unspecified atom stereocenters. The fourth-order valence-corrected chi connectivity index (χ4v) is 1.19. The van der Waals surface area contributed by atoms with Crippen LogP contribution in [-0.2, 0) is 0 Å². The van der Waals surface area contributed by atoms with Gasteiger partial charge in [-0.3, -0.25) is 0 Å². The van der Waals surface area contributed by atoms with Crippen molar-refractivity contribution in [3.63, 3.8) is 0 Å². The third-order valence-corrected chi connectivity index (χ3v) is 2.44. The van der Waals surface area contributed by atoms with E-state index in [0.29, 0.717) is 0 Å². The summed E-state index contributed by atoms with van der Waals surface area (Å²) in [4.78, 5) is 4.60. The van der Waals surface area contributed by atoms with Crippen molar-refractivity contribution in [2.75, 3.05) is 27.2 Å². The molecule has 10 heavy (non-hydrogen) atoms. The summed E-state index contributed by atoms with van der Waals surface area (Å²) in [6.07, 6.45) is 0. The van der Waals surface area contributed by atoms with Crippen LogP contribution in [0.25, 0.3) is 0 Å². The van der Waals surface area contributed by atoms with E-state index in [-0.39, 0.29) is 0 Å². The Morgan fingerprint density at radius 2 is 1.20 bits per heavy atom. The average molecular weight is 140 g/mol. The molecule has 0 aromatic rings. The van der Waals surface area contributed by atoms with Gasteiger partial charge < -0.3 is 9.80 Å². The van der Waals surface area contributed by atoms with Crippen molar-refractivity contribution in [2.45, 2.75) is 13.8 Å². The second-order valence-corrected chi connectivity index (χ2v) is 3.01.